The van der Waals surface area contributed by atoms with E-state index < -0.39 is 0 Å². The maximum Gasteiger partial charge on any atom is 0.369 e. The summed E-state index contributed by atoms with van der Waals surface area (Å²) in [6, 6.07) is 10.3. The first-order valence-electron chi connectivity index (χ1n) is 10.9. The first-order valence-corrected chi connectivity index (χ1v) is 10.9. The minimum atomic E-state index is -0.335. The van der Waals surface area contributed by atoms with Crippen LogP contribution in [0.2, 0.25) is 0 Å². The molecule has 1 aliphatic carbocycles. The quantitative estimate of drug-likeness (QED) is 0.495. The average molecular weight is 427 g/mol. The van der Waals surface area contributed by atoms with E-state index in [0.29, 0.717) is 18.1 Å². The lowest BCUT2D eigenvalue weighted by atomic mass is 9.82. The highest BCUT2D eigenvalue weighted by Crippen LogP contribution is 2.35. The van der Waals surface area contributed by atoms with Gasteiger partial charge in [0.15, 0.2) is 5.82 Å². The minimum Gasteiger partial charge on any atom is -0.306 e. The second-order valence-electron chi connectivity index (χ2n) is 8.46. The smallest absolute Gasteiger partial charge is 0.306 e. The molecule has 0 saturated carbocycles. The molecule has 2 aromatic heterocycles. The van der Waals surface area contributed by atoms with Crippen LogP contribution in [-0.4, -0.2) is 23.9 Å². The van der Waals surface area contributed by atoms with Gasteiger partial charge >= 0.3 is 5.69 Å². The van der Waals surface area contributed by atoms with Crippen molar-refractivity contribution in [3.8, 4) is 11.4 Å². The molecule has 7 heteroatoms. The van der Waals surface area contributed by atoms with Crippen LogP contribution in [0.25, 0.3) is 23.0 Å². The molecule has 160 valence electrons. The van der Waals surface area contributed by atoms with Gasteiger partial charge in [-0.3, -0.25) is 4.68 Å². The van der Waals surface area contributed by atoms with Crippen molar-refractivity contribution in [3.63, 3.8) is 0 Å². The topological polar surface area (TPSA) is 57.6 Å². The van der Waals surface area contributed by atoms with Crippen molar-refractivity contribution in [2.75, 3.05) is 0 Å². The van der Waals surface area contributed by atoms with E-state index in [1.165, 1.54) is 34.5 Å². The fraction of sp³-hybridized carbons (Fsp3) is 0.240. The predicted molar refractivity (Wildman–Crippen MR) is 121 cm³/mol. The van der Waals surface area contributed by atoms with Crippen molar-refractivity contribution in [2.24, 2.45) is 0 Å². The van der Waals surface area contributed by atoms with Gasteiger partial charge in [0.1, 0.15) is 5.82 Å². The molecular weight excluding hydrogens is 405 g/mol. The number of benzene rings is 2. The van der Waals surface area contributed by atoms with E-state index in [1.54, 1.807) is 16.8 Å². The van der Waals surface area contributed by atoms with Gasteiger partial charge in [-0.1, -0.05) is 6.07 Å². The molecule has 2 aliphatic rings. The number of imidazole rings is 1. The van der Waals surface area contributed by atoms with E-state index in [2.05, 4.69) is 32.7 Å². The van der Waals surface area contributed by atoms with Gasteiger partial charge in [0.25, 0.3) is 0 Å². The predicted octanol–water partition coefficient (Wildman–Crippen LogP) is 4.10. The van der Waals surface area contributed by atoms with E-state index >= 15 is 0 Å². The second-order valence-corrected chi connectivity index (χ2v) is 8.46. The van der Waals surface area contributed by atoms with Crippen LogP contribution in [0.15, 0.2) is 53.7 Å². The Kier molecular flexibility index (Phi) is 4.24. The van der Waals surface area contributed by atoms with Gasteiger partial charge in [-0.05, 0) is 91.3 Å². The lowest BCUT2D eigenvalue weighted by Gasteiger charge is -2.26. The van der Waals surface area contributed by atoms with Gasteiger partial charge in [-0.25, -0.2) is 14.2 Å². The molecule has 2 aromatic carbocycles. The molecular formula is C25H22FN5O. The highest BCUT2D eigenvalue weighted by Gasteiger charge is 2.25. The third-order valence-corrected chi connectivity index (χ3v) is 6.43. The van der Waals surface area contributed by atoms with Crippen molar-refractivity contribution in [1.29, 1.82) is 0 Å². The molecule has 0 saturated heterocycles. The lowest BCUT2D eigenvalue weighted by Crippen LogP contribution is -2.23. The van der Waals surface area contributed by atoms with Crippen molar-refractivity contribution < 1.29 is 4.39 Å². The highest BCUT2D eigenvalue weighted by molar-refractivity contribution is 5.81. The zero-order valence-corrected chi connectivity index (χ0v) is 17.8. The van der Waals surface area contributed by atoms with Crippen molar-refractivity contribution in [1.82, 2.24) is 23.9 Å². The molecule has 0 fully saturated rings. The van der Waals surface area contributed by atoms with Crippen molar-refractivity contribution >= 4 is 11.6 Å². The zero-order valence-electron chi connectivity index (χ0n) is 17.8. The summed E-state index contributed by atoms with van der Waals surface area (Å²) < 4.78 is 18.9. The normalized spacial score (nSPS) is 16.0. The number of aryl methyl sites for hydroxylation is 1. The molecule has 4 aromatic rings. The average Bonchev–Trinajstić information content (AvgIpc) is 3.33. The van der Waals surface area contributed by atoms with Gasteiger partial charge in [0.05, 0.1) is 17.7 Å². The van der Waals surface area contributed by atoms with Crippen LogP contribution in [-0.2, 0) is 19.4 Å². The summed E-state index contributed by atoms with van der Waals surface area (Å²) in [5.41, 5.74) is 7.46. The molecule has 32 heavy (non-hydrogen) atoms. The Morgan fingerprint density at radius 1 is 1.03 bits per heavy atom. The van der Waals surface area contributed by atoms with Gasteiger partial charge in [0.2, 0.25) is 0 Å². The van der Waals surface area contributed by atoms with Crippen LogP contribution in [0, 0.1) is 12.7 Å². The molecule has 0 atom stereocenters. The first kappa shape index (κ1) is 19.0. The molecule has 0 bridgehead atoms. The standard InChI is InChI=1S/C25H22FN5O/c1-16-14-29(15-27-16)23-11-4-17(21-9-10-22(21)23)13-18-3-2-12-30-24(18)28-25(32)31(30)20-7-5-19(26)6-8-20/h4-8,11,13-15H,2-3,9-10,12H2,1H3. The Bertz CT molecular complexity index is 1440. The summed E-state index contributed by atoms with van der Waals surface area (Å²) in [4.78, 5) is 21.4. The van der Waals surface area contributed by atoms with E-state index in [1.807, 2.05) is 24.1 Å². The summed E-state index contributed by atoms with van der Waals surface area (Å²) in [6.07, 6.45) is 10.0. The Labute approximate surface area is 184 Å². The maximum absolute atomic E-state index is 13.4. The first-order chi connectivity index (χ1) is 15.6. The third-order valence-electron chi connectivity index (χ3n) is 6.43. The van der Waals surface area contributed by atoms with Gasteiger partial charge in [0, 0.05) is 18.4 Å². The summed E-state index contributed by atoms with van der Waals surface area (Å²) in [7, 11) is 0. The summed E-state index contributed by atoms with van der Waals surface area (Å²) in [6.45, 7) is 2.70. The molecule has 6 nitrogen and oxygen atoms in total. The Balaban J connectivity index is 1.42. The Morgan fingerprint density at radius 3 is 2.56 bits per heavy atom. The van der Waals surface area contributed by atoms with E-state index in [0.717, 1.165) is 37.0 Å². The summed E-state index contributed by atoms with van der Waals surface area (Å²) in [5, 5.41) is 0. The van der Waals surface area contributed by atoms with Gasteiger partial charge in [-0.15, -0.1) is 0 Å². The zero-order chi connectivity index (χ0) is 21.8. The van der Waals surface area contributed by atoms with Crippen LogP contribution in [0.4, 0.5) is 4.39 Å². The molecule has 1 aliphatic heterocycles. The third kappa shape index (κ3) is 2.96. The Morgan fingerprint density at radius 2 is 1.84 bits per heavy atom. The number of allylic oxidation sites excluding steroid dienone is 1. The number of fused-ring (bicyclic) bond motifs is 2. The monoisotopic (exact) mass is 427 g/mol. The minimum absolute atomic E-state index is 0.326. The van der Waals surface area contributed by atoms with Crippen LogP contribution >= 0.6 is 0 Å². The Hall–Kier alpha value is -3.74. The van der Waals surface area contributed by atoms with E-state index in [4.69, 9.17) is 0 Å². The van der Waals surface area contributed by atoms with E-state index in [-0.39, 0.29) is 11.5 Å². The van der Waals surface area contributed by atoms with Crippen LogP contribution in [0.1, 0.15) is 41.1 Å². The summed E-state index contributed by atoms with van der Waals surface area (Å²) in [5.74, 6) is 0.376. The molecule has 0 radical (unpaired) electrons. The van der Waals surface area contributed by atoms with E-state index in [9.17, 15) is 9.18 Å². The number of hydrogen-bond acceptors (Lipinski definition) is 3. The van der Waals surface area contributed by atoms with Crippen LogP contribution in [0.3, 0.4) is 0 Å². The largest absolute Gasteiger partial charge is 0.369 e. The number of aromatic nitrogens is 5. The summed E-state index contributed by atoms with van der Waals surface area (Å²) >= 11 is 0. The molecule has 0 spiro atoms. The molecule has 0 unspecified atom stereocenters. The number of hydrogen-bond donors (Lipinski definition) is 0. The number of nitrogens with zero attached hydrogens (tertiary/aromatic N) is 5. The highest BCUT2D eigenvalue weighted by atomic mass is 19.1. The van der Waals surface area contributed by atoms with Crippen molar-refractivity contribution in [3.05, 3.63) is 93.4 Å². The molecule has 6 rings (SSSR count). The fourth-order valence-corrected chi connectivity index (χ4v) is 4.80. The SMILES string of the molecule is Cc1cn(-c2ccc(C=C3CCCn4c3nc(=O)n4-c3ccc(F)cc3)c3c2CC3)cn1. The number of rotatable bonds is 3. The molecule has 0 amide bonds. The molecule has 0 N–H and O–H groups in total. The van der Waals surface area contributed by atoms with Gasteiger partial charge < -0.3 is 4.57 Å². The van der Waals surface area contributed by atoms with Crippen molar-refractivity contribution in [2.45, 2.75) is 39.2 Å². The number of halogens is 1. The lowest BCUT2D eigenvalue weighted by molar-refractivity contribution is 0.500. The van der Waals surface area contributed by atoms with Crippen LogP contribution in [0.5, 0.6) is 0 Å². The molecule has 3 heterocycles. The maximum atomic E-state index is 13.4. The fourth-order valence-electron chi connectivity index (χ4n) is 4.80. The van der Waals surface area contributed by atoms with Crippen LogP contribution < -0.4 is 5.69 Å². The second kappa shape index (κ2) is 7.15. The van der Waals surface area contributed by atoms with Gasteiger partial charge in [-0.2, -0.15) is 9.67 Å².